The van der Waals surface area contributed by atoms with E-state index in [1.807, 2.05) is 42.5 Å². The Kier molecular flexibility index (Phi) is 3.33. The van der Waals surface area contributed by atoms with Crippen molar-refractivity contribution in [3.63, 3.8) is 0 Å². The van der Waals surface area contributed by atoms with Crippen LogP contribution in [0.1, 0.15) is 5.89 Å². The summed E-state index contributed by atoms with van der Waals surface area (Å²) >= 11 is 0. The Labute approximate surface area is 116 Å². The number of nitrogens with zero attached hydrogens (tertiary/aromatic N) is 2. The Balaban J connectivity index is 1.71. The Bertz CT molecular complexity index is 695. The summed E-state index contributed by atoms with van der Waals surface area (Å²) in [6.07, 6.45) is 0. The monoisotopic (exact) mass is 267 g/mol. The molecule has 2 N–H and O–H groups in total. The standard InChI is InChI=1S/C15H13N3O2/c16-12-8-4-5-9-13(12)19-10-14-17-15(18-20-14)11-6-2-1-3-7-11/h1-9H,10,16H2. The minimum absolute atomic E-state index is 0.189. The zero-order valence-corrected chi connectivity index (χ0v) is 10.7. The molecule has 5 nitrogen and oxygen atoms in total. The maximum absolute atomic E-state index is 5.79. The number of nitrogen functional groups attached to an aromatic ring is 1. The third-order valence-corrected chi connectivity index (χ3v) is 2.77. The molecular weight excluding hydrogens is 254 g/mol. The number of benzene rings is 2. The van der Waals surface area contributed by atoms with Crippen molar-refractivity contribution in [2.75, 3.05) is 5.73 Å². The first-order valence-corrected chi connectivity index (χ1v) is 6.18. The van der Waals surface area contributed by atoms with Gasteiger partial charge in [-0.1, -0.05) is 47.6 Å². The fourth-order valence-corrected chi connectivity index (χ4v) is 1.77. The van der Waals surface area contributed by atoms with Gasteiger partial charge in [-0.2, -0.15) is 4.98 Å². The molecule has 0 saturated carbocycles. The number of aromatic nitrogens is 2. The summed E-state index contributed by atoms with van der Waals surface area (Å²) in [5.74, 6) is 1.56. The first-order chi connectivity index (χ1) is 9.83. The number of anilines is 1. The van der Waals surface area contributed by atoms with Crippen LogP contribution in [0.2, 0.25) is 0 Å². The molecule has 3 aromatic rings. The molecule has 0 unspecified atom stereocenters. The first-order valence-electron chi connectivity index (χ1n) is 6.18. The van der Waals surface area contributed by atoms with E-state index in [4.69, 9.17) is 15.0 Å². The molecule has 0 radical (unpaired) electrons. The minimum Gasteiger partial charge on any atom is -0.482 e. The molecular formula is C15H13N3O2. The van der Waals surface area contributed by atoms with Crippen molar-refractivity contribution in [1.29, 1.82) is 0 Å². The highest BCUT2D eigenvalue weighted by molar-refractivity contribution is 5.53. The van der Waals surface area contributed by atoms with E-state index in [0.29, 0.717) is 23.2 Å². The predicted octanol–water partition coefficient (Wildman–Crippen LogP) is 2.90. The number of para-hydroxylation sites is 2. The third-order valence-electron chi connectivity index (χ3n) is 2.77. The molecule has 0 atom stereocenters. The lowest BCUT2D eigenvalue weighted by Gasteiger charge is -2.05. The van der Waals surface area contributed by atoms with Gasteiger partial charge >= 0.3 is 0 Å². The van der Waals surface area contributed by atoms with E-state index in [-0.39, 0.29) is 6.61 Å². The molecule has 100 valence electrons. The SMILES string of the molecule is Nc1ccccc1OCc1nc(-c2ccccc2)no1. The van der Waals surface area contributed by atoms with Crippen molar-refractivity contribution in [3.8, 4) is 17.1 Å². The fraction of sp³-hybridized carbons (Fsp3) is 0.0667. The third kappa shape index (κ3) is 2.61. The van der Waals surface area contributed by atoms with E-state index in [1.165, 1.54) is 0 Å². The van der Waals surface area contributed by atoms with Crippen molar-refractivity contribution in [1.82, 2.24) is 10.1 Å². The van der Waals surface area contributed by atoms with E-state index >= 15 is 0 Å². The van der Waals surface area contributed by atoms with Crippen LogP contribution in [0.4, 0.5) is 5.69 Å². The zero-order valence-electron chi connectivity index (χ0n) is 10.7. The summed E-state index contributed by atoms with van der Waals surface area (Å²) in [6.45, 7) is 0.189. The van der Waals surface area contributed by atoms with Gasteiger partial charge in [-0.3, -0.25) is 0 Å². The quantitative estimate of drug-likeness (QED) is 0.736. The van der Waals surface area contributed by atoms with Crippen LogP contribution in [-0.4, -0.2) is 10.1 Å². The summed E-state index contributed by atoms with van der Waals surface area (Å²) in [5.41, 5.74) is 7.27. The average molecular weight is 267 g/mol. The van der Waals surface area contributed by atoms with Crippen molar-refractivity contribution < 1.29 is 9.26 Å². The summed E-state index contributed by atoms with van der Waals surface area (Å²) in [6, 6.07) is 16.9. The van der Waals surface area contributed by atoms with E-state index in [2.05, 4.69) is 10.1 Å². The van der Waals surface area contributed by atoms with Crippen molar-refractivity contribution in [2.45, 2.75) is 6.61 Å². The number of nitrogens with two attached hydrogens (primary N) is 1. The molecule has 3 rings (SSSR count). The second kappa shape index (κ2) is 5.44. The summed E-state index contributed by atoms with van der Waals surface area (Å²) in [7, 11) is 0. The zero-order chi connectivity index (χ0) is 13.8. The lowest BCUT2D eigenvalue weighted by Crippen LogP contribution is -1.98. The highest BCUT2D eigenvalue weighted by Crippen LogP contribution is 2.21. The number of rotatable bonds is 4. The van der Waals surface area contributed by atoms with Crippen molar-refractivity contribution >= 4 is 5.69 Å². The van der Waals surface area contributed by atoms with E-state index in [9.17, 15) is 0 Å². The molecule has 0 aliphatic heterocycles. The molecule has 5 heteroatoms. The van der Waals surface area contributed by atoms with E-state index in [0.717, 1.165) is 5.56 Å². The summed E-state index contributed by atoms with van der Waals surface area (Å²) in [5, 5.41) is 3.92. The Morgan fingerprint density at radius 2 is 1.75 bits per heavy atom. The lowest BCUT2D eigenvalue weighted by atomic mass is 10.2. The van der Waals surface area contributed by atoms with Gasteiger partial charge in [-0.25, -0.2) is 0 Å². The second-order valence-corrected chi connectivity index (χ2v) is 4.20. The molecule has 0 aliphatic carbocycles. The summed E-state index contributed by atoms with van der Waals surface area (Å²) in [4.78, 5) is 4.28. The Morgan fingerprint density at radius 3 is 2.55 bits per heavy atom. The molecule has 1 aromatic heterocycles. The minimum atomic E-state index is 0.189. The van der Waals surface area contributed by atoms with Gasteiger partial charge in [0.2, 0.25) is 5.82 Å². The van der Waals surface area contributed by atoms with Gasteiger partial charge in [-0.15, -0.1) is 0 Å². The van der Waals surface area contributed by atoms with Crippen LogP contribution < -0.4 is 10.5 Å². The maximum atomic E-state index is 5.79. The van der Waals surface area contributed by atoms with Crippen molar-refractivity contribution in [2.24, 2.45) is 0 Å². The highest BCUT2D eigenvalue weighted by atomic mass is 16.5. The van der Waals surface area contributed by atoms with Crippen LogP contribution in [0.5, 0.6) is 5.75 Å². The number of ether oxygens (including phenoxy) is 1. The topological polar surface area (TPSA) is 74.2 Å². The van der Waals surface area contributed by atoms with Crippen LogP contribution >= 0.6 is 0 Å². The van der Waals surface area contributed by atoms with Crippen LogP contribution in [-0.2, 0) is 6.61 Å². The Morgan fingerprint density at radius 1 is 1.00 bits per heavy atom. The van der Waals surface area contributed by atoms with E-state index < -0.39 is 0 Å². The lowest BCUT2D eigenvalue weighted by molar-refractivity contribution is 0.244. The van der Waals surface area contributed by atoms with Crippen molar-refractivity contribution in [3.05, 3.63) is 60.5 Å². The molecule has 0 fully saturated rings. The van der Waals surface area contributed by atoms with E-state index in [1.54, 1.807) is 12.1 Å². The molecule has 0 saturated heterocycles. The Hall–Kier alpha value is -2.82. The predicted molar refractivity (Wildman–Crippen MR) is 74.9 cm³/mol. The average Bonchev–Trinajstić information content (AvgIpc) is 2.96. The first kappa shape index (κ1) is 12.2. The molecule has 1 heterocycles. The van der Waals surface area contributed by atoms with Crippen LogP contribution in [0.15, 0.2) is 59.1 Å². The highest BCUT2D eigenvalue weighted by Gasteiger charge is 2.09. The van der Waals surface area contributed by atoms with Gasteiger partial charge < -0.3 is 15.0 Å². The van der Waals surface area contributed by atoms with Gasteiger partial charge in [0.05, 0.1) is 5.69 Å². The normalized spacial score (nSPS) is 10.4. The van der Waals surface area contributed by atoms with Gasteiger partial charge in [0, 0.05) is 5.56 Å². The second-order valence-electron chi connectivity index (χ2n) is 4.20. The van der Waals surface area contributed by atoms with Gasteiger partial charge in [0.15, 0.2) is 6.61 Å². The molecule has 0 bridgehead atoms. The maximum Gasteiger partial charge on any atom is 0.264 e. The summed E-state index contributed by atoms with van der Waals surface area (Å²) < 4.78 is 10.7. The van der Waals surface area contributed by atoms with Gasteiger partial charge in [0.25, 0.3) is 5.89 Å². The number of hydrogen-bond acceptors (Lipinski definition) is 5. The van der Waals surface area contributed by atoms with Gasteiger partial charge in [-0.05, 0) is 12.1 Å². The van der Waals surface area contributed by atoms with Crippen LogP contribution in [0.25, 0.3) is 11.4 Å². The van der Waals surface area contributed by atoms with Gasteiger partial charge in [0.1, 0.15) is 5.75 Å². The molecule has 0 spiro atoms. The molecule has 2 aromatic carbocycles. The molecule has 0 aliphatic rings. The molecule has 20 heavy (non-hydrogen) atoms. The smallest absolute Gasteiger partial charge is 0.264 e. The fourth-order valence-electron chi connectivity index (χ4n) is 1.77. The molecule has 0 amide bonds. The largest absolute Gasteiger partial charge is 0.482 e. The van der Waals surface area contributed by atoms with Crippen LogP contribution in [0.3, 0.4) is 0 Å². The number of hydrogen-bond donors (Lipinski definition) is 1. The van der Waals surface area contributed by atoms with Crippen LogP contribution in [0, 0.1) is 0 Å².